The Balaban J connectivity index is 2.07. The van der Waals surface area contributed by atoms with Gasteiger partial charge in [-0.25, -0.2) is 0 Å². The van der Waals surface area contributed by atoms with Crippen molar-refractivity contribution in [3.05, 3.63) is 85.2 Å². The Morgan fingerprint density at radius 3 is 2.11 bits per heavy atom. The summed E-state index contributed by atoms with van der Waals surface area (Å²) in [7, 11) is 0. The van der Waals surface area contributed by atoms with Crippen LogP contribution in [-0.2, 0) is 14.3 Å². The van der Waals surface area contributed by atoms with Gasteiger partial charge in [0.05, 0.1) is 5.41 Å². The van der Waals surface area contributed by atoms with Crippen molar-refractivity contribution in [3.63, 3.8) is 0 Å². The summed E-state index contributed by atoms with van der Waals surface area (Å²) in [5.74, 6) is -0.600. The van der Waals surface area contributed by atoms with Crippen molar-refractivity contribution >= 4 is 17.5 Å². The maximum Gasteiger partial charge on any atom is 0.325 e. The normalized spacial score (nSPS) is 32.2. The van der Waals surface area contributed by atoms with E-state index in [2.05, 4.69) is 19.7 Å². The van der Waals surface area contributed by atoms with Crippen molar-refractivity contribution in [2.75, 3.05) is 0 Å². The Hall–Kier alpha value is -3.01. The second-order valence-electron chi connectivity index (χ2n) is 11.9. The highest BCUT2D eigenvalue weighted by molar-refractivity contribution is 6.16. The summed E-state index contributed by atoms with van der Waals surface area (Å²) in [6.45, 7) is 19.9. The van der Waals surface area contributed by atoms with Gasteiger partial charge in [0.2, 0.25) is 0 Å². The van der Waals surface area contributed by atoms with E-state index in [0.717, 1.165) is 0 Å². The SMILES string of the molecule is C=CCC1C[C@]23C[C@H](CC=C)C(C)(C)[C@](CC=C)(C(=O)OC2=C(C(=O)c2ccccc2)C1(C)C)C3=O. The molecule has 1 aromatic rings. The predicted octanol–water partition coefficient (Wildman–Crippen LogP) is 7.04. The fraction of sp³-hybridized carbons (Fsp3) is 0.469. The van der Waals surface area contributed by atoms with Gasteiger partial charge in [-0.1, -0.05) is 76.3 Å². The third-order valence-electron chi connectivity index (χ3n) is 9.62. The average Bonchev–Trinajstić information content (AvgIpc) is 2.83. The van der Waals surface area contributed by atoms with Gasteiger partial charge >= 0.3 is 5.97 Å². The molecule has 1 saturated carbocycles. The monoisotopic (exact) mass is 486 g/mol. The van der Waals surface area contributed by atoms with E-state index < -0.39 is 27.6 Å². The van der Waals surface area contributed by atoms with Crippen molar-refractivity contribution in [1.29, 1.82) is 0 Å². The first-order chi connectivity index (χ1) is 17.0. The molecule has 1 aromatic carbocycles. The highest BCUT2D eigenvalue weighted by atomic mass is 16.5. The van der Waals surface area contributed by atoms with Crippen LogP contribution in [0.1, 0.15) is 70.2 Å². The number of carbonyl (C=O) groups is 3. The molecule has 2 aliphatic carbocycles. The van der Waals surface area contributed by atoms with Gasteiger partial charge in [0, 0.05) is 16.6 Å². The molecule has 2 fully saturated rings. The molecule has 4 atom stereocenters. The smallest absolute Gasteiger partial charge is 0.325 e. The minimum atomic E-state index is -1.36. The molecule has 4 heteroatoms. The van der Waals surface area contributed by atoms with Crippen LogP contribution in [0.5, 0.6) is 0 Å². The molecule has 0 aromatic heterocycles. The second-order valence-corrected chi connectivity index (χ2v) is 11.9. The van der Waals surface area contributed by atoms with Crippen LogP contribution in [0.25, 0.3) is 0 Å². The van der Waals surface area contributed by atoms with Crippen molar-refractivity contribution in [2.45, 2.75) is 59.8 Å². The van der Waals surface area contributed by atoms with E-state index in [-0.39, 0.29) is 35.6 Å². The van der Waals surface area contributed by atoms with E-state index in [1.807, 2.05) is 58.0 Å². The van der Waals surface area contributed by atoms with E-state index in [1.54, 1.807) is 18.2 Å². The number of rotatable bonds is 8. The van der Waals surface area contributed by atoms with E-state index in [0.29, 0.717) is 36.8 Å². The Bertz CT molecular complexity index is 1170. The molecule has 1 unspecified atom stereocenters. The zero-order valence-corrected chi connectivity index (χ0v) is 22.1. The van der Waals surface area contributed by atoms with Crippen LogP contribution < -0.4 is 0 Å². The van der Waals surface area contributed by atoms with Crippen molar-refractivity contribution < 1.29 is 19.1 Å². The Kier molecular flexibility index (Phi) is 6.39. The molecule has 1 aliphatic heterocycles. The van der Waals surface area contributed by atoms with Crippen LogP contribution in [0, 0.1) is 33.5 Å². The molecule has 1 heterocycles. The molecule has 0 N–H and O–H groups in total. The first kappa shape index (κ1) is 26.1. The number of ketones is 2. The first-order valence-electron chi connectivity index (χ1n) is 12.9. The van der Waals surface area contributed by atoms with Gasteiger partial charge in [-0.2, -0.15) is 0 Å². The summed E-state index contributed by atoms with van der Waals surface area (Å²) in [5, 5.41) is 0. The fourth-order valence-corrected chi connectivity index (χ4v) is 7.32. The maximum absolute atomic E-state index is 14.8. The molecule has 36 heavy (non-hydrogen) atoms. The van der Waals surface area contributed by atoms with Crippen LogP contribution in [0.3, 0.4) is 0 Å². The molecule has 1 saturated heterocycles. The van der Waals surface area contributed by atoms with Gasteiger partial charge in [0.25, 0.3) is 0 Å². The zero-order valence-electron chi connectivity index (χ0n) is 22.1. The van der Waals surface area contributed by atoms with Gasteiger partial charge < -0.3 is 4.74 Å². The lowest BCUT2D eigenvalue weighted by Crippen LogP contribution is -2.69. The lowest BCUT2D eigenvalue weighted by molar-refractivity contribution is -0.200. The standard InChI is InChI=1S/C32H38O4/c1-8-14-22-19-31-20-23(15-9-2)30(6,7)32(18-10-3,27(31)34)28(35)36-26(31)24(29(22,4)5)25(33)21-16-12-11-13-17-21/h8-13,16-17,22-23H,1-3,14-15,18-20H2,4-7H3/t22?,23-,31-,32-/m0/s1. The van der Waals surface area contributed by atoms with Gasteiger partial charge in [-0.15, -0.1) is 19.7 Å². The molecule has 0 amide bonds. The molecule has 0 radical (unpaired) electrons. The molecule has 190 valence electrons. The first-order valence-corrected chi connectivity index (χ1v) is 12.9. The largest absolute Gasteiger partial charge is 0.429 e. The summed E-state index contributed by atoms with van der Waals surface area (Å²) < 4.78 is 6.25. The van der Waals surface area contributed by atoms with Crippen LogP contribution in [0.15, 0.2) is 79.6 Å². The number of esters is 1. The third kappa shape index (κ3) is 3.29. The topological polar surface area (TPSA) is 60.4 Å². The van der Waals surface area contributed by atoms with Crippen LogP contribution in [0.4, 0.5) is 0 Å². The maximum atomic E-state index is 14.8. The van der Waals surface area contributed by atoms with E-state index in [1.165, 1.54) is 0 Å². The van der Waals surface area contributed by atoms with E-state index in [9.17, 15) is 14.4 Å². The Labute approximate surface area is 215 Å². The fourth-order valence-electron chi connectivity index (χ4n) is 7.32. The minimum absolute atomic E-state index is 0.00849. The lowest BCUT2D eigenvalue weighted by Gasteiger charge is -2.63. The molecular weight excluding hydrogens is 448 g/mol. The van der Waals surface area contributed by atoms with Crippen LogP contribution in [-0.4, -0.2) is 17.5 Å². The number of carbonyl (C=O) groups excluding carboxylic acids is 3. The molecule has 4 nitrogen and oxygen atoms in total. The molecule has 4 rings (SSSR count). The highest BCUT2D eigenvalue weighted by Crippen LogP contribution is 2.69. The lowest BCUT2D eigenvalue weighted by atomic mass is 9.40. The Morgan fingerprint density at radius 2 is 1.53 bits per heavy atom. The number of fused-ring (bicyclic) bond motifs is 1. The van der Waals surface area contributed by atoms with Gasteiger partial charge in [0.15, 0.2) is 11.6 Å². The van der Waals surface area contributed by atoms with Crippen molar-refractivity contribution in [2.24, 2.45) is 33.5 Å². The molecule has 1 spiro atoms. The predicted molar refractivity (Wildman–Crippen MR) is 142 cm³/mol. The summed E-state index contributed by atoms with van der Waals surface area (Å²) in [6, 6.07) is 9.05. The van der Waals surface area contributed by atoms with Crippen LogP contribution in [0.2, 0.25) is 0 Å². The molecule has 3 aliphatic rings. The van der Waals surface area contributed by atoms with Crippen molar-refractivity contribution in [3.8, 4) is 0 Å². The number of benzene rings is 1. The number of allylic oxidation sites excluding steroid dienone is 5. The quantitative estimate of drug-likeness (QED) is 0.171. The highest BCUT2D eigenvalue weighted by Gasteiger charge is 2.74. The van der Waals surface area contributed by atoms with Gasteiger partial charge in [0.1, 0.15) is 11.2 Å². The number of hydrogen-bond acceptors (Lipinski definition) is 4. The summed E-state index contributed by atoms with van der Waals surface area (Å²) in [6.07, 6.45) is 7.94. The summed E-state index contributed by atoms with van der Waals surface area (Å²) in [5.41, 5.74) is -2.73. The number of hydrogen-bond donors (Lipinski definition) is 0. The second kappa shape index (κ2) is 8.83. The van der Waals surface area contributed by atoms with Gasteiger partial charge in [-0.3, -0.25) is 14.4 Å². The molecular formula is C32H38O4. The summed E-state index contributed by atoms with van der Waals surface area (Å²) in [4.78, 5) is 42.9. The van der Waals surface area contributed by atoms with E-state index >= 15 is 0 Å². The van der Waals surface area contributed by atoms with Crippen LogP contribution >= 0.6 is 0 Å². The average molecular weight is 487 g/mol. The zero-order chi connectivity index (χ0) is 26.5. The van der Waals surface area contributed by atoms with Gasteiger partial charge in [-0.05, 0) is 49.4 Å². The number of ether oxygens (including phenoxy) is 1. The molecule has 2 bridgehead atoms. The Morgan fingerprint density at radius 1 is 0.944 bits per heavy atom. The minimum Gasteiger partial charge on any atom is -0.429 e. The number of Topliss-reactive ketones (excluding diaryl/α,β-unsaturated/α-hetero) is 2. The summed E-state index contributed by atoms with van der Waals surface area (Å²) >= 11 is 0. The van der Waals surface area contributed by atoms with E-state index in [4.69, 9.17) is 4.74 Å². The van der Waals surface area contributed by atoms with Crippen molar-refractivity contribution in [1.82, 2.24) is 0 Å². The third-order valence-corrected chi connectivity index (χ3v) is 9.62.